The van der Waals surface area contributed by atoms with Gasteiger partial charge in [0.25, 0.3) is 5.56 Å². The second-order valence-electron chi connectivity index (χ2n) is 7.67. The van der Waals surface area contributed by atoms with Crippen molar-refractivity contribution in [3.8, 4) is 11.1 Å². The van der Waals surface area contributed by atoms with Crippen LogP contribution in [0.4, 0.5) is 0 Å². The average molecular weight is 373 g/mol. The van der Waals surface area contributed by atoms with E-state index in [9.17, 15) is 4.79 Å². The van der Waals surface area contributed by atoms with Crippen molar-refractivity contribution in [2.75, 3.05) is 0 Å². The zero-order chi connectivity index (χ0) is 19.1. The van der Waals surface area contributed by atoms with Gasteiger partial charge in [-0.05, 0) is 31.4 Å². The fourth-order valence-corrected chi connectivity index (χ4v) is 4.43. The number of hydrogen-bond acceptors (Lipinski definition) is 4. The number of rotatable bonds is 2. The van der Waals surface area contributed by atoms with Crippen LogP contribution in [0.3, 0.4) is 0 Å². The molecule has 4 aromatic rings. The second kappa shape index (κ2) is 6.86. The smallest absolute Gasteiger partial charge is 0.280 e. The molecule has 3 aromatic heterocycles. The topological polar surface area (TPSA) is 65.1 Å². The zero-order valence-corrected chi connectivity index (χ0v) is 16.0. The normalized spacial score (nSPS) is 15.9. The van der Waals surface area contributed by atoms with Gasteiger partial charge >= 0.3 is 0 Å². The van der Waals surface area contributed by atoms with Crippen molar-refractivity contribution < 1.29 is 0 Å². The van der Waals surface area contributed by atoms with Crippen molar-refractivity contribution in [1.82, 2.24) is 24.4 Å². The Hall–Kier alpha value is -3.02. The molecule has 1 saturated carbocycles. The summed E-state index contributed by atoms with van der Waals surface area (Å²) in [6.07, 6.45) is 8.90. The molecule has 0 unspecified atom stereocenters. The van der Waals surface area contributed by atoms with Gasteiger partial charge in [0.15, 0.2) is 11.2 Å². The van der Waals surface area contributed by atoms with Gasteiger partial charge in [-0.2, -0.15) is 5.10 Å². The summed E-state index contributed by atoms with van der Waals surface area (Å²) in [7, 11) is 0. The molecule has 142 valence electrons. The summed E-state index contributed by atoms with van der Waals surface area (Å²) in [6, 6.07) is 12.3. The van der Waals surface area contributed by atoms with E-state index in [-0.39, 0.29) is 11.6 Å². The Bertz CT molecular complexity index is 1200. The third kappa shape index (κ3) is 2.71. The minimum Gasteiger partial charge on any atom is -0.310 e. The number of hydrogen-bond donors (Lipinski definition) is 0. The number of nitrogens with zero attached hydrogens (tertiary/aromatic N) is 5. The van der Waals surface area contributed by atoms with Crippen molar-refractivity contribution >= 4 is 16.7 Å². The lowest BCUT2D eigenvalue weighted by molar-refractivity contribution is 0.433. The van der Waals surface area contributed by atoms with Gasteiger partial charge in [0.2, 0.25) is 0 Å². The van der Waals surface area contributed by atoms with Gasteiger partial charge in [0, 0.05) is 12.2 Å². The molecular weight excluding hydrogens is 350 g/mol. The van der Waals surface area contributed by atoms with Crippen LogP contribution in [0, 0.1) is 6.92 Å². The summed E-state index contributed by atoms with van der Waals surface area (Å²) in [4.78, 5) is 13.2. The summed E-state index contributed by atoms with van der Waals surface area (Å²) in [5.74, 6) is 0. The van der Waals surface area contributed by atoms with Crippen molar-refractivity contribution in [3.63, 3.8) is 0 Å². The third-order valence-electron chi connectivity index (χ3n) is 5.86. The highest BCUT2D eigenvalue weighted by molar-refractivity contribution is 5.84. The lowest BCUT2D eigenvalue weighted by atomic mass is 10.1. The maximum absolute atomic E-state index is 13.2. The summed E-state index contributed by atoms with van der Waals surface area (Å²) in [5.41, 5.74) is 4.61. The number of aryl methyl sites for hydroxylation is 1. The van der Waals surface area contributed by atoms with E-state index in [0.29, 0.717) is 16.7 Å². The van der Waals surface area contributed by atoms with Gasteiger partial charge in [-0.15, -0.1) is 10.2 Å². The Balaban J connectivity index is 1.69. The van der Waals surface area contributed by atoms with Crippen LogP contribution >= 0.6 is 0 Å². The molecule has 5 rings (SSSR count). The van der Waals surface area contributed by atoms with E-state index in [1.807, 2.05) is 54.1 Å². The van der Waals surface area contributed by atoms with Crippen molar-refractivity contribution in [1.29, 1.82) is 0 Å². The molecule has 0 radical (unpaired) electrons. The Kier molecular flexibility index (Phi) is 4.19. The summed E-state index contributed by atoms with van der Waals surface area (Å²) in [6.45, 7) is 1.97. The predicted molar refractivity (Wildman–Crippen MR) is 109 cm³/mol. The molecule has 6 nitrogen and oxygen atoms in total. The molecule has 0 spiro atoms. The van der Waals surface area contributed by atoms with Crippen molar-refractivity contribution in [3.05, 3.63) is 58.6 Å². The van der Waals surface area contributed by atoms with Gasteiger partial charge in [-0.3, -0.25) is 4.79 Å². The molecular formula is C22H23N5O. The molecule has 0 amide bonds. The van der Waals surface area contributed by atoms with Gasteiger partial charge in [-0.1, -0.05) is 56.0 Å². The standard InChI is InChI=1S/C22H23N5O/c1-15-19(16-9-5-4-6-10-16)21-24-23-20-18(27(21)25-15)13-14-26(22(20)28)17-11-7-2-3-8-12-17/h4-6,9-10,13-14,17H,2-3,7-8,11-12H2,1H3. The molecule has 3 heterocycles. The molecule has 0 aliphatic heterocycles. The minimum absolute atomic E-state index is 0.0618. The largest absolute Gasteiger partial charge is 0.310 e. The first-order valence-electron chi connectivity index (χ1n) is 10.1. The van der Waals surface area contributed by atoms with Crippen LogP contribution in [0.5, 0.6) is 0 Å². The maximum atomic E-state index is 13.2. The van der Waals surface area contributed by atoms with Gasteiger partial charge < -0.3 is 4.57 Å². The Morgan fingerprint density at radius 3 is 2.46 bits per heavy atom. The van der Waals surface area contributed by atoms with Crippen LogP contribution in [0.2, 0.25) is 0 Å². The zero-order valence-electron chi connectivity index (χ0n) is 16.0. The average Bonchev–Trinajstić information content (AvgIpc) is 2.88. The van der Waals surface area contributed by atoms with E-state index >= 15 is 0 Å². The first kappa shape index (κ1) is 17.1. The van der Waals surface area contributed by atoms with Crippen LogP contribution in [0.1, 0.15) is 50.3 Å². The first-order chi connectivity index (χ1) is 13.7. The molecule has 28 heavy (non-hydrogen) atoms. The maximum Gasteiger partial charge on any atom is 0.280 e. The molecule has 0 N–H and O–H groups in total. The van der Waals surface area contributed by atoms with Crippen LogP contribution in [-0.4, -0.2) is 24.4 Å². The van der Waals surface area contributed by atoms with Crippen LogP contribution in [-0.2, 0) is 0 Å². The van der Waals surface area contributed by atoms with Gasteiger partial charge in [0.1, 0.15) is 5.52 Å². The van der Waals surface area contributed by atoms with E-state index in [0.717, 1.165) is 29.7 Å². The molecule has 1 aliphatic carbocycles. The van der Waals surface area contributed by atoms with E-state index in [2.05, 4.69) is 15.3 Å². The highest BCUT2D eigenvalue weighted by atomic mass is 16.1. The number of fused-ring (bicyclic) bond motifs is 3. The lowest BCUT2D eigenvalue weighted by Crippen LogP contribution is -2.25. The molecule has 0 saturated heterocycles. The van der Waals surface area contributed by atoms with Gasteiger partial charge in [-0.25, -0.2) is 4.52 Å². The molecule has 1 aliphatic rings. The molecule has 1 aromatic carbocycles. The third-order valence-corrected chi connectivity index (χ3v) is 5.86. The first-order valence-corrected chi connectivity index (χ1v) is 10.1. The second-order valence-corrected chi connectivity index (χ2v) is 7.67. The Labute approximate surface area is 162 Å². The number of benzene rings is 1. The number of pyridine rings is 1. The van der Waals surface area contributed by atoms with E-state index in [4.69, 9.17) is 0 Å². The number of aromatic nitrogens is 5. The Morgan fingerprint density at radius 2 is 1.71 bits per heavy atom. The van der Waals surface area contributed by atoms with Crippen LogP contribution < -0.4 is 5.56 Å². The molecule has 0 atom stereocenters. The SMILES string of the molecule is Cc1nn2c(nnc3c(=O)n(C4CCCCCC4)ccc32)c1-c1ccccc1. The van der Waals surface area contributed by atoms with E-state index in [1.165, 1.54) is 25.7 Å². The van der Waals surface area contributed by atoms with Crippen molar-refractivity contribution in [2.24, 2.45) is 0 Å². The Morgan fingerprint density at radius 1 is 0.964 bits per heavy atom. The predicted octanol–water partition coefficient (Wildman–Crippen LogP) is 4.31. The fourth-order valence-electron chi connectivity index (χ4n) is 4.43. The van der Waals surface area contributed by atoms with Gasteiger partial charge in [0.05, 0.1) is 11.3 Å². The highest BCUT2D eigenvalue weighted by Crippen LogP contribution is 2.29. The van der Waals surface area contributed by atoms with Crippen molar-refractivity contribution in [2.45, 2.75) is 51.5 Å². The molecule has 1 fully saturated rings. The van der Waals surface area contributed by atoms with E-state index < -0.39 is 0 Å². The molecule has 6 heteroatoms. The highest BCUT2D eigenvalue weighted by Gasteiger charge is 2.20. The summed E-state index contributed by atoms with van der Waals surface area (Å²) >= 11 is 0. The minimum atomic E-state index is -0.0618. The van der Waals surface area contributed by atoms with Crippen LogP contribution in [0.15, 0.2) is 47.4 Å². The summed E-state index contributed by atoms with van der Waals surface area (Å²) < 4.78 is 3.63. The lowest BCUT2D eigenvalue weighted by Gasteiger charge is -2.17. The summed E-state index contributed by atoms with van der Waals surface area (Å²) in [5, 5.41) is 13.4. The fraction of sp³-hybridized carbons (Fsp3) is 0.364. The van der Waals surface area contributed by atoms with Crippen LogP contribution in [0.25, 0.3) is 27.8 Å². The van der Waals surface area contributed by atoms with E-state index in [1.54, 1.807) is 4.52 Å². The monoisotopic (exact) mass is 373 g/mol. The quantitative estimate of drug-likeness (QED) is 0.491. The molecule has 0 bridgehead atoms.